The molecule has 0 bridgehead atoms. The normalized spacial score (nSPS) is 15.8. The van der Waals surface area contributed by atoms with Gasteiger partial charge in [-0.05, 0) is 30.3 Å². The van der Waals surface area contributed by atoms with E-state index in [0.717, 1.165) is 16.9 Å². The molecule has 1 aliphatic rings. The second kappa shape index (κ2) is 3.87. The molecule has 1 N–H and O–H groups in total. The highest BCUT2D eigenvalue weighted by Gasteiger charge is 2.23. The van der Waals surface area contributed by atoms with E-state index in [1.165, 1.54) is 0 Å². The largest absolute Gasteiger partial charge is 0.352 e. The van der Waals surface area contributed by atoms with Crippen LogP contribution in [0.1, 0.15) is 16.1 Å². The molecule has 17 heavy (non-hydrogen) atoms. The SMILES string of the molecule is O=C1/C(=C\c2ccccn2)Nc2ccccc21. The van der Waals surface area contributed by atoms with Crippen LogP contribution < -0.4 is 5.32 Å². The van der Waals surface area contributed by atoms with Gasteiger partial charge in [-0.3, -0.25) is 9.78 Å². The Morgan fingerprint density at radius 1 is 1.06 bits per heavy atom. The smallest absolute Gasteiger partial charge is 0.211 e. The quantitative estimate of drug-likeness (QED) is 0.754. The molecule has 82 valence electrons. The molecule has 3 nitrogen and oxygen atoms in total. The highest BCUT2D eigenvalue weighted by Crippen LogP contribution is 2.28. The number of Topliss-reactive ketones (excluding diaryl/α,β-unsaturated/α-hetero) is 1. The summed E-state index contributed by atoms with van der Waals surface area (Å²) in [5.41, 5.74) is 2.93. The summed E-state index contributed by atoms with van der Waals surface area (Å²) in [6.07, 6.45) is 3.47. The fraction of sp³-hybridized carbons (Fsp3) is 0. The number of hydrogen-bond donors (Lipinski definition) is 1. The fourth-order valence-electron chi connectivity index (χ4n) is 1.85. The molecule has 1 aliphatic heterocycles. The fourth-order valence-corrected chi connectivity index (χ4v) is 1.85. The van der Waals surface area contributed by atoms with Gasteiger partial charge in [0.15, 0.2) is 0 Å². The van der Waals surface area contributed by atoms with Gasteiger partial charge < -0.3 is 5.32 Å². The highest BCUT2D eigenvalue weighted by molar-refractivity contribution is 6.20. The van der Waals surface area contributed by atoms with Gasteiger partial charge in [0.25, 0.3) is 0 Å². The van der Waals surface area contributed by atoms with Crippen LogP contribution in [0.15, 0.2) is 54.4 Å². The van der Waals surface area contributed by atoms with Crippen LogP contribution in [0.25, 0.3) is 6.08 Å². The number of nitrogens with zero attached hydrogens (tertiary/aromatic N) is 1. The monoisotopic (exact) mass is 222 g/mol. The number of carbonyl (C=O) groups excluding carboxylic acids is 1. The number of aromatic nitrogens is 1. The topological polar surface area (TPSA) is 42.0 Å². The van der Waals surface area contributed by atoms with E-state index in [1.807, 2.05) is 42.5 Å². The lowest BCUT2D eigenvalue weighted by Gasteiger charge is -1.97. The molecule has 0 radical (unpaired) electrons. The maximum absolute atomic E-state index is 12.0. The van der Waals surface area contributed by atoms with Gasteiger partial charge in [0.2, 0.25) is 5.78 Å². The zero-order valence-electron chi connectivity index (χ0n) is 9.05. The van der Waals surface area contributed by atoms with Crippen LogP contribution >= 0.6 is 0 Å². The molecule has 1 aromatic heterocycles. The van der Waals surface area contributed by atoms with E-state index in [9.17, 15) is 4.79 Å². The van der Waals surface area contributed by atoms with E-state index in [-0.39, 0.29) is 5.78 Å². The van der Waals surface area contributed by atoms with Crippen LogP contribution in [0, 0.1) is 0 Å². The lowest BCUT2D eigenvalue weighted by Crippen LogP contribution is -2.00. The molecule has 0 saturated carbocycles. The van der Waals surface area contributed by atoms with E-state index in [4.69, 9.17) is 0 Å². The summed E-state index contributed by atoms with van der Waals surface area (Å²) >= 11 is 0. The van der Waals surface area contributed by atoms with Gasteiger partial charge in [0.05, 0.1) is 11.4 Å². The maximum Gasteiger partial charge on any atom is 0.211 e. The molecule has 0 atom stereocenters. The second-order valence-corrected chi connectivity index (χ2v) is 3.81. The molecule has 0 unspecified atom stereocenters. The Hall–Kier alpha value is -2.42. The van der Waals surface area contributed by atoms with E-state index >= 15 is 0 Å². The summed E-state index contributed by atoms with van der Waals surface area (Å²) in [6, 6.07) is 13.1. The number of carbonyl (C=O) groups is 1. The minimum Gasteiger partial charge on any atom is -0.352 e. The van der Waals surface area contributed by atoms with Crippen LogP contribution in [0.5, 0.6) is 0 Å². The van der Waals surface area contributed by atoms with E-state index < -0.39 is 0 Å². The average molecular weight is 222 g/mol. The number of allylic oxidation sites excluding steroid dienone is 1. The first-order valence-electron chi connectivity index (χ1n) is 5.38. The zero-order chi connectivity index (χ0) is 11.7. The number of nitrogens with one attached hydrogen (secondary N) is 1. The molecule has 0 fully saturated rings. The number of para-hydroxylation sites is 1. The molecular formula is C14H10N2O. The molecule has 0 amide bonds. The van der Waals surface area contributed by atoms with Gasteiger partial charge in [-0.15, -0.1) is 0 Å². The predicted octanol–water partition coefficient (Wildman–Crippen LogP) is 2.73. The molecule has 2 aromatic rings. The number of anilines is 1. The minimum absolute atomic E-state index is 0.0197. The third-order valence-electron chi connectivity index (χ3n) is 2.67. The van der Waals surface area contributed by atoms with Crippen molar-refractivity contribution in [2.24, 2.45) is 0 Å². The third kappa shape index (κ3) is 1.72. The van der Waals surface area contributed by atoms with Crippen LogP contribution in [-0.2, 0) is 0 Å². The summed E-state index contributed by atoms with van der Waals surface area (Å²) in [5.74, 6) is 0.0197. The first-order valence-corrected chi connectivity index (χ1v) is 5.38. The van der Waals surface area contributed by atoms with Crippen LogP contribution in [0.4, 0.5) is 5.69 Å². The lowest BCUT2D eigenvalue weighted by molar-refractivity contribution is 0.104. The number of hydrogen-bond acceptors (Lipinski definition) is 3. The highest BCUT2D eigenvalue weighted by atomic mass is 16.1. The summed E-state index contributed by atoms with van der Waals surface area (Å²) in [5, 5.41) is 3.10. The van der Waals surface area contributed by atoms with Crippen molar-refractivity contribution in [1.82, 2.24) is 4.98 Å². The number of rotatable bonds is 1. The molecule has 0 aliphatic carbocycles. The number of pyridine rings is 1. The standard InChI is InChI=1S/C14H10N2O/c17-14-11-6-1-2-7-12(11)16-13(14)9-10-5-3-4-8-15-10/h1-9,16H/b13-9+. The van der Waals surface area contributed by atoms with E-state index in [2.05, 4.69) is 10.3 Å². The van der Waals surface area contributed by atoms with Crippen LogP contribution in [0.2, 0.25) is 0 Å². The van der Waals surface area contributed by atoms with Crippen molar-refractivity contribution in [2.75, 3.05) is 5.32 Å². The minimum atomic E-state index is 0.0197. The van der Waals surface area contributed by atoms with Gasteiger partial charge in [-0.25, -0.2) is 0 Å². The zero-order valence-corrected chi connectivity index (χ0v) is 9.05. The van der Waals surface area contributed by atoms with Crippen molar-refractivity contribution in [3.63, 3.8) is 0 Å². The average Bonchev–Trinajstić information content (AvgIpc) is 2.68. The number of benzene rings is 1. The van der Waals surface area contributed by atoms with Crippen molar-refractivity contribution < 1.29 is 4.79 Å². The third-order valence-corrected chi connectivity index (χ3v) is 2.67. The Labute approximate surface area is 98.8 Å². The first kappa shape index (κ1) is 9.78. The molecule has 0 spiro atoms. The molecule has 2 heterocycles. The summed E-state index contributed by atoms with van der Waals surface area (Å²) in [6.45, 7) is 0. The summed E-state index contributed by atoms with van der Waals surface area (Å²) in [7, 11) is 0. The van der Waals surface area contributed by atoms with Crippen molar-refractivity contribution in [2.45, 2.75) is 0 Å². The maximum atomic E-state index is 12.0. The number of fused-ring (bicyclic) bond motifs is 1. The molecular weight excluding hydrogens is 212 g/mol. The van der Waals surface area contributed by atoms with E-state index in [1.54, 1.807) is 12.3 Å². The van der Waals surface area contributed by atoms with Gasteiger partial charge in [-0.2, -0.15) is 0 Å². The molecule has 0 saturated heterocycles. The summed E-state index contributed by atoms with van der Waals surface area (Å²) in [4.78, 5) is 16.2. The molecule has 3 heteroatoms. The van der Waals surface area contributed by atoms with Gasteiger partial charge in [0.1, 0.15) is 0 Å². The van der Waals surface area contributed by atoms with E-state index in [0.29, 0.717) is 5.70 Å². The Bertz CT molecular complexity index is 603. The first-order chi connectivity index (χ1) is 8.34. The summed E-state index contributed by atoms with van der Waals surface area (Å²) < 4.78 is 0. The van der Waals surface area contributed by atoms with Crippen molar-refractivity contribution in [3.8, 4) is 0 Å². The molecule has 1 aromatic carbocycles. The lowest BCUT2D eigenvalue weighted by atomic mass is 10.1. The Morgan fingerprint density at radius 2 is 1.88 bits per heavy atom. The molecule has 3 rings (SSSR count). The van der Waals surface area contributed by atoms with Gasteiger partial charge in [0, 0.05) is 17.4 Å². The Kier molecular flexibility index (Phi) is 2.22. The van der Waals surface area contributed by atoms with Crippen molar-refractivity contribution in [1.29, 1.82) is 0 Å². The van der Waals surface area contributed by atoms with Crippen LogP contribution in [0.3, 0.4) is 0 Å². The second-order valence-electron chi connectivity index (χ2n) is 3.81. The van der Waals surface area contributed by atoms with Gasteiger partial charge >= 0.3 is 0 Å². The van der Waals surface area contributed by atoms with Crippen molar-refractivity contribution in [3.05, 3.63) is 65.6 Å². The Balaban J connectivity index is 2.00. The number of ketones is 1. The Morgan fingerprint density at radius 3 is 2.65 bits per heavy atom. The van der Waals surface area contributed by atoms with Crippen LogP contribution in [-0.4, -0.2) is 10.8 Å². The predicted molar refractivity (Wildman–Crippen MR) is 66.6 cm³/mol. The van der Waals surface area contributed by atoms with Gasteiger partial charge in [-0.1, -0.05) is 18.2 Å². The van der Waals surface area contributed by atoms with Crippen molar-refractivity contribution >= 4 is 17.5 Å².